The Morgan fingerprint density at radius 2 is 1.89 bits per heavy atom. The van der Waals surface area contributed by atoms with Crippen molar-refractivity contribution in [1.82, 2.24) is 9.47 Å². The van der Waals surface area contributed by atoms with E-state index in [1.807, 2.05) is 0 Å². The molecule has 1 aromatic carbocycles. The fraction of sp³-hybridized carbons (Fsp3) is 0.500. The van der Waals surface area contributed by atoms with Crippen LogP contribution in [0.4, 0.5) is 0 Å². The Morgan fingerprint density at radius 3 is 2.68 bits per heavy atom. The van der Waals surface area contributed by atoms with Crippen LogP contribution in [0, 0.1) is 0 Å². The van der Waals surface area contributed by atoms with E-state index in [-0.39, 0.29) is 12.4 Å². The van der Waals surface area contributed by atoms with E-state index >= 15 is 0 Å². The van der Waals surface area contributed by atoms with Crippen molar-refractivity contribution >= 4 is 11.0 Å². The topological polar surface area (TPSA) is 21.3 Å². The number of hydrogen-bond donors (Lipinski definition) is 0. The van der Waals surface area contributed by atoms with Gasteiger partial charge in [0.15, 0.2) is 11.0 Å². The molecule has 0 atom stereocenters. The summed E-state index contributed by atoms with van der Waals surface area (Å²) >= 11 is 0. The lowest BCUT2D eigenvalue weighted by Crippen LogP contribution is -3.00. The third-order valence-electron chi connectivity index (χ3n) is 3.64. The van der Waals surface area contributed by atoms with Gasteiger partial charge < -0.3 is 17.1 Å². The number of imidazole rings is 1. The Kier molecular flexibility index (Phi) is 4.80. The number of para-hydroxylation sites is 2. The molecule has 104 valence electrons. The van der Waals surface area contributed by atoms with Gasteiger partial charge in [0, 0.05) is 19.6 Å². The highest BCUT2D eigenvalue weighted by Gasteiger charge is 2.15. The standard InChI is InChI=1S/C14H20N3O.ClH/c1-15-12-17(14-5-3-2-4-13(14)15)7-6-16-8-10-18-11-9-16;/h2-5,12H,6-11H2,1H3;1H/q+1;/p-1. The molecule has 0 amide bonds. The molecule has 19 heavy (non-hydrogen) atoms. The van der Waals surface area contributed by atoms with Crippen LogP contribution in [0.25, 0.3) is 11.0 Å². The molecule has 1 fully saturated rings. The van der Waals surface area contributed by atoms with Gasteiger partial charge in [0.05, 0.1) is 20.3 Å². The molecular weight excluding hydrogens is 262 g/mol. The van der Waals surface area contributed by atoms with Crippen molar-refractivity contribution in [2.24, 2.45) is 7.05 Å². The van der Waals surface area contributed by atoms with Gasteiger partial charge in [-0.1, -0.05) is 12.1 Å². The summed E-state index contributed by atoms with van der Waals surface area (Å²) in [6.45, 7) is 6.01. The zero-order valence-electron chi connectivity index (χ0n) is 11.3. The van der Waals surface area contributed by atoms with Gasteiger partial charge >= 0.3 is 0 Å². The van der Waals surface area contributed by atoms with E-state index in [1.54, 1.807) is 0 Å². The van der Waals surface area contributed by atoms with Crippen LogP contribution < -0.4 is 17.0 Å². The van der Waals surface area contributed by atoms with Crippen LogP contribution in [0.1, 0.15) is 0 Å². The van der Waals surface area contributed by atoms with Crippen molar-refractivity contribution in [3.63, 3.8) is 0 Å². The predicted molar refractivity (Wildman–Crippen MR) is 70.4 cm³/mol. The number of aromatic nitrogens is 2. The largest absolute Gasteiger partial charge is 1.00 e. The van der Waals surface area contributed by atoms with Gasteiger partial charge in [0.25, 0.3) is 0 Å². The first-order chi connectivity index (χ1) is 8.84. The van der Waals surface area contributed by atoms with Gasteiger partial charge in [-0.05, 0) is 12.1 Å². The minimum atomic E-state index is 0. The van der Waals surface area contributed by atoms with Crippen molar-refractivity contribution in [2.75, 3.05) is 32.8 Å². The summed E-state index contributed by atoms with van der Waals surface area (Å²) in [5, 5.41) is 0. The van der Waals surface area contributed by atoms with Crippen LogP contribution in [0.2, 0.25) is 0 Å². The van der Waals surface area contributed by atoms with E-state index in [0.29, 0.717) is 0 Å². The third-order valence-corrected chi connectivity index (χ3v) is 3.64. The minimum Gasteiger partial charge on any atom is -1.00 e. The van der Waals surface area contributed by atoms with Crippen molar-refractivity contribution in [1.29, 1.82) is 0 Å². The monoisotopic (exact) mass is 281 g/mol. The molecule has 4 nitrogen and oxygen atoms in total. The van der Waals surface area contributed by atoms with Crippen LogP contribution >= 0.6 is 0 Å². The Bertz CT molecular complexity index is 534. The average molecular weight is 282 g/mol. The van der Waals surface area contributed by atoms with E-state index in [9.17, 15) is 0 Å². The van der Waals surface area contributed by atoms with Crippen LogP contribution in [-0.4, -0.2) is 42.3 Å². The Balaban J connectivity index is 0.00000133. The first kappa shape index (κ1) is 14.3. The molecule has 0 unspecified atom stereocenters. The van der Waals surface area contributed by atoms with Gasteiger partial charge in [-0.25, -0.2) is 9.13 Å². The second-order valence-electron chi connectivity index (χ2n) is 4.86. The van der Waals surface area contributed by atoms with E-state index in [0.717, 1.165) is 39.4 Å². The molecule has 0 spiro atoms. The normalized spacial score (nSPS) is 16.5. The van der Waals surface area contributed by atoms with E-state index in [2.05, 4.69) is 51.7 Å². The molecule has 0 bridgehead atoms. The van der Waals surface area contributed by atoms with Crippen LogP contribution in [-0.2, 0) is 18.3 Å². The predicted octanol–water partition coefficient (Wildman–Crippen LogP) is -2.20. The first-order valence-corrected chi connectivity index (χ1v) is 6.58. The lowest BCUT2D eigenvalue weighted by atomic mass is 10.3. The van der Waals surface area contributed by atoms with E-state index in [4.69, 9.17) is 4.74 Å². The molecule has 0 N–H and O–H groups in total. The average Bonchev–Trinajstić information content (AvgIpc) is 2.75. The number of benzene rings is 1. The molecule has 1 aliphatic heterocycles. The molecule has 2 aromatic rings. The number of rotatable bonds is 3. The van der Waals surface area contributed by atoms with Crippen LogP contribution in [0.3, 0.4) is 0 Å². The van der Waals surface area contributed by atoms with Crippen molar-refractivity contribution in [2.45, 2.75) is 6.54 Å². The number of fused-ring (bicyclic) bond motifs is 1. The van der Waals surface area contributed by atoms with Crippen molar-refractivity contribution < 1.29 is 21.7 Å². The maximum atomic E-state index is 5.37. The summed E-state index contributed by atoms with van der Waals surface area (Å²) in [6.07, 6.45) is 2.19. The summed E-state index contributed by atoms with van der Waals surface area (Å²) < 4.78 is 9.90. The number of hydrogen-bond acceptors (Lipinski definition) is 2. The molecule has 0 radical (unpaired) electrons. The summed E-state index contributed by atoms with van der Waals surface area (Å²) in [7, 11) is 2.10. The molecule has 1 aromatic heterocycles. The van der Waals surface area contributed by atoms with E-state index in [1.165, 1.54) is 11.0 Å². The van der Waals surface area contributed by atoms with Crippen LogP contribution in [0.5, 0.6) is 0 Å². The molecule has 1 saturated heterocycles. The van der Waals surface area contributed by atoms with Gasteiger partial charge in [-0.3, -0.25) is 4.90 Å². The second kappa shape index (κ2) is 6.37. The van der Waals surface area contributed by atoms with Gasteiger partial charge in [-0.15, -0.1) is 0 Å². The lowest BCUT2D eigenvalue weighted by Gasteiger charge is -2.25. The number of morpholine rings is 1. The van der Waals surface area contributed by atoms with Gasteiger partial charge in [-0.2, -0.15) is 0 Å². The second-order valence-corrected chi connectivity index (χ2v) is 4.86. The molecule has 0 saturated carbocycles. The van der Waals surface area contributed by atoms with Crippen molar-refractivity contribution in [3.05, 3.63) is 30.6 Å². The Hall–Kier alpha value is -1.10. The molecule has 1 aliphatic rings. The van der Waals surface area contributed by atoms with Gasteiger partial charge in [0.1, 0.15) is 6.54 Å². The quantitative estimate of drug-likeness (QED) is 0.596. The zero-order chi connectivity index (χ0) is 12.4. The van der Waals surface area contributed by atoms with E-state index < -0.39 is 0 Å². The first-order valence-electron chi connectivity index (χ1n) is 6.58. The lowest BCUT2D eigenvalue weighted by molar-refractivity contribution is -0.645. The fourth-order valence-corrected chi connectivity index (χ4v) is 2.59. The summed E-state index contributed by atoms with van der Waals surface area (Å²) in [5.41, 5.74) is 2.60. The Labute approximate surface area is 120 Å². The number of aryl methyl sites for hydroxylation is 1. The number of nitrogens with zero attached hydrogens (tertiary/aromatic N) is 3. The number of ether oxygens (including phenoxy) is 1. The number of halogens is 1. The van der Waals surface area contributed by atoms with Gasteiger partial charge in [0.2, 0.25) is 6.33 Å². The zero-order valence-corrected chi connectivity index (χ0v) is 12.0. The maximum absolute atomic E-state index is 5.37. The highest BCUT2D eigenvalue weighted by Crippen LogP contribution is 2.10. The summed E-state index contributed by atoms with van der Waals surface area (Å²) in [6, 6.07) is 8.55. The maximum Gasteiger partial charge on any atom is 0.244 e. The SMILES string of the molecule is C[n+]1cn(CCN2CCOCC2)c2ccccc21.[Cl-]. The molecule has 3 rings (SSSR count). The highest BCUT2D eigenvalue weighted by atomic mass is 35.5. The molecule has 2 heterocycles. The molecule has 5 heteroatoms. The molecular formula is C14H20ClN3O. The van der Waals surface area contributed by atoms with Crippen LogP contribution in [0.15, 0.2) is 30.6 Å². The molecule has 0 aliphatic carbocycles. The summed E-state index contributed by atoms with van der Waals surface area (Å²) in [4.78, 5) is 2.47. The third kappa shape index (κ3) is 3.08. The minimum absolute atomic E-state index is 0. The highest BCUT2D eigenvalue weighted by molar-refractivity contribution is 5.71. The fourth-order valence-electron chi connectivity index (χ4n) is 2.59. The Morgan fingerprint density at radius 1 is 1.16 bits per heavy atom. The summed E-state index contributed by atoms with van der Waals surface area (Å²) in [5.74, 6) is 0. The smallest absolute Gasteiger partial charge is 0.244 e. The van der Waals surface area contributed by atoms with Crippen molar-refractivity contribution in [3.8, 4) is 0 Å².